The second kappa shape index (κ2) is 9.81. The molecule has 0 aliphatic carbocycles. The second-order valence-electron chi connectivity index (χ2n) is 8.71. The molecule has 1 aliphatic heterocycles. The zero-order chi connectivity index (χ0) is 22.8. The Morgan fingerprint density at radius 1 is 1.26 bits per heavy atom. The lowest BCUT2D eigenvalue weighted by molar-refractivity contribution is 0.0942. The number of carbonyl (C=O) groups excluding carboxylic acids is 1. The molecule has 1 aromatic heterocycles. The van der Waals surface area contributed by atoms with Gasteiger partial charge in [-0.15, -0.1) is 11.3 Å². The first-order valence-corrected chi connectivity index (χ1v) is 13.0. The average molecular weight is 464 g/mol. The van der Waals surface area contributed by atoms with E-state index in [1.807, 2.05) is 39.4 Å². The van der Waals surface area contributed by atoms with Crippen molar-refractivity contribution in [3.8, 4) is 0 Å². The fourth-order valence-corrected chi connectivity index (χ4v) is 6.62. The predicted octanol–water partition coefficient (Wildman–Crippen LogP) is 3.82. The van der Waals surface area contributed by atoms with Crippen LogP contribution in [0.1, 0.15) is 52.2 Å². The standard InChI is InChI=1S/C23H33N3O3S2/c1-16-8-10-26(11-9-16)31(28,29)22-14-19(13-17(2)18(22)3)23(27)24-15-20(25(4)5)21-7-6-12-30-21/h6-7,12-14,16,20H,8-11,15H2,1-5H3,(H,24,27). The van der Waals surface area contributed by atoms with Gasteiger partial charge >= 0.3 is 0 Å². The van der Waals surface area contributed by atoms with Crippen LogP contribution in [-0.2, 0) is 10.0 Å². The van der Waals surface area contributed by atoms with Gasteiger partial charge in [0.15, 0.2) is 0 Å². The van der Waals surface area contributed by atoms with Crippen LogP contribution in [0.5, 0.6) is 0 Å². The lowest BCUT2D eigenvalue weighted by atomic mass is 10.0. The van der Waals surface area contributed by atoms with Gasteiger partial charge in [0.25, 0.3) is 5.91 Å². The number of hydrogen-bond donors (Lipinski definition) is 1. The van der Waals surface area contributed by atoms with Crippen LogP contribution in [0.2, 0.25) is 0 Å². The Hall–Kier alpha value is -1.74. The van der Waals surface area contributed by atoms with Crippen LogP contribution in [0, 0.1) is 19.8 Å². The molecular weight excluding hydrogens is 430 g/mol. The molecule has 3 rings (SSSR count). The average Bonchev–Trinajstić information content (AvgIpc) is 3.24. The van der Waals surface area contributed by atoms with E-state index in [1.54, 1.807) is 27.8 Å². The molecule has 1 amide bonds. The topological polar surface area (TPSA) is 69.7 Å². The van der Waals surface area contributed by atoms with Gasteiger partial charge in [-0.2, -0.15) is 4.31 Å². The Morgan fingerprint density at radius 2 is 1.94 bits per heavy atom. The molecule has 170 valence electrons. The summed E-state index contributed by atoms with van der Waals surface area (Å²) in [6.45, 7) is 7.34. The van der Waals surface area contributed by atoms with Crippen LogP contribution in [0.3, 0.4) is 0 Å². The highest BCUT2D eigenvalue weighted by Crippen LogP contribution is 2.28. The van der Waals surface area contributed by atoms with E-state index in [1.165, 1.54) is 4.88 Å². The number of aryl methyl sites for hydroxylation is 1. The van der Waals surface area contributed by atoms with E-state index in [0.717, 1.165) is 18.4 Å². The SMILES string of the molecule is Cc1cc(C(=O)NCC(c2cccs2)N(C)C)cc(S(=O)(=O)N2CCC(C)CC2)c1C. The number of benzene rings is 1. The summed E-state index contributed by atoms with van der Waals surface area (Å²) in [5, 5.41) is 5.02. The summed E-state index contributed by atoms with van der Waals surface area (Å²) in [5.74, 6) is 0.287. The van der Waals surface area contributed by atoms with Crippen molar-refractivity contribution in [2.75, 3.05) is 33.7 Å². The Bertz CT molecular complexity index is 1010. The molecule has 8 heteroatoms. The number of rotatable bonds is 7. The smallest absolute Gasteiger partial charge is 0.251 e. The maximum atomic E-state index is 13.3. The first kappa shape index (κ1) is 23.9. The Balaban J connectivity index is 1.82. The molecule has 1 aliphatic rings. The maximum Gasteiger partial charge on any atom is 0.251 e. The molecule has 2 aromatic rings. The van der Waals surface area contributed by atoms with E-state index < -0.39 is 10.0 Å². The number of nitrogens with zero attached hydrogens (tertiary/aromatic N) is 2. The van der Waals surface area contributed by atoms with Gasteiger partial charge in [-0.05, 0) is 81.4 Å². The lowest BCUT2D eigenvalue weighted by Gasteiger charge is -2.30. The van der Waals surface area contributed by atoms with Crippen molar-refractivity contribution in [3.05, 3.63) is 51.2 Å². The van der Waals surface area contributed by atoms with Gasteiger partial charge in [0.1, 0.15) is 0 Å². The van der Waals surface area contributed by atoms with Crippen molar-refractivity contribution in [1.29, 1.82) is 0 Å². The summed E-state index contributed by atoms with van der Waals surface area (Å²) in [7, 11) is 0.338. The van der Waals surface area contributed by atoms with E-state index >= 15 is 0 Å². The molecule has 1 saturated heterocycles. The molecule has 0 spiro atoms. The predicted molar refractivity (Wildman–Crippen MR) is 126 cm³/mol. The third-order valence-corrected chi connectivity index (χ3v) is 9.19. The number of piperidine rings is 1. The molecule has 0 bridgehead atoms. The molecule has 1 aromatic carbocycles. The fourth-order valence-electron chi connectivity index (χ4n) is 3.90. The van der Waals surface area contributed by atoms with Crippen LogP contribution >= 0.6 is 11.3 Å². The van der Waals surface area contributed by atoms with Crippen molar-refractivity contribution in [2.24, 2.45) is 5.92 Å². The first-order valence-electron chi connectivity index (χ1n) is 10.7. The molecule has 1 unspecified atom stereocenters. The highest BCUT2D eigenvalue weighted by molar-refractivity contribution is 7.89. The van der Waals surface area contributed by atoms with Crippen LogP contribution in [0.15, 0.2) is 34.5 Å². The van der Waals surface area contributed by atoms with E-state index in [2.05, 4.69) is 23.2 Å². The Labute approximate surface area is 190 Å². The van der Waals surface area contributed by atoms with Gasteiger partial charge in [0, 0.05) is 30.1 Å². The molecule has 31 heavy (non-hydrogen) atoms. The quantitative estimate of drug-likeness (QED) is 0.678. The number of nitrogens with one attached hydrogen (secondary N) is 1. The van der Waals surface area contributed by atoms with Crippen molar-refractivity contribution in [2.45, 2.75) is 44.6 Å². The fraction of sp³-hybridized carbons (Fsp3) is 0.522. The minimum atomic E-state index is -3.63. The summed E-state index contributed by atoms with van der Waals surface area (Å²) in [5.41, 5.74) is 1.90. The summed E-state index contributed by atoms with van der Waals surface area (Å²) in [4.78, 5) is 16.5. The first-order chi connectivity index (χ1) is 14.6. The van der Waals surface area contributed by atoms with Gasteiger partial charge in [-0.3, -0.25) is 4.79 Å². The zero-order valence-electron chi connectivity index (χ0n) is 19.0. The monoisotopic (exact) mass is 463 g/mol. The van der Waals surface area contributed by atoms with E-state index in [-0.39, 0.29) is 16.8 Å². The summed E-state index contributed by atoms with van der Waals surface area (Å²) >= 11 is 1.66. The highest BCUT2D eigenvalue weighted by atomic mass is 32.2. The van der Waals surface area contributed by atoms with Crippen molar-refractivity contribution in [1.82, 2.24) is 14.5 Å². The lowest BCUT2D eigenvalue weighted by Crippen LogP contribution is -2.38. The molecule has 0 radical (unpaired) electrons. The van der Waals surface area contributed by atoms with E-state index in [4.69, 9.17) is 0 Å². The Kier molecular flexibility index (Phi) is 7.57. The third-order valence-electron chi connectivity index (χ3n) is 6.19. The van der Waals surface area contributed by atoms with Crippen molar-refractivity contribution in [3.63, 3.8) is 0 Å². The summed E-state index contributed by atoms with van der Waals surface area (Å²) in [6, 6.07) is 7.44. The summed E-state index contributed by atoms with van der Waals surface area (Å²) in [6.07, 6.45) is 1.73. The van der Waals surface area contributed by atoms with Gasteiger partial charge < -0.3 is 10.2 Å². The summed E-state index contributed by atoms with van der Waals surface area (Å²) < 4.78 is 28.2. The highest BCUT2D eigenvalue weighted by Gasteiger charge is 2.30. The molecule has 2 heterocycles. The maximum absolute atomic E-state index is 13.3. The number of thiophene rings is 1. The number of carbonyl (C=O) groups is 1. The second-order valence-corrected chi connectivity index (χ2v) is 11.6. The zero-order valence-corrected chi connectivity index (χ0v) is 20.6. The number of sulfonamides is 1. The normalized spacial score (nSPS) is 17.1. The van der Waals surface area contributed by atoms with Gasteiger partial charge in [-0.1, -0.05) is 13.0 Å². The van der Waals surface area contributed by atoms with Crippen LogP contribution in [-0.4, -0.2) is 57.3 Å². The minimum absolute atomic E-state index is 0.0639. The third kappa shape index (κ3) is 5.37. The van der Waals surface area contributed by atoms with Gasteiger partial charge in [-0.25, -0.2) is 8.42 Å². The number of likely N-dealkylation sites (N-methyl/N-ethyl adjacent to an activating group) is 1. The van der Waals surface area contributed by atoms with Crippen LogP contribution in [0.4, 0.5) is 0 Å². The molecular formula is C23H33N3O3S2. The molecule has 6 nitrogen and oxygen atoms in total. The number of hydrogen-bond acceptors (Lipinski definition) is 5. The van der Waals surface area contributed by atoms with Gasteiger partial charge in [0.2, 0.25) is 10.0 Å². The van der Waals surface area contributed by atoms with Crippen molar-refractivity contribution < 1.29 is 13.2 Å². The van der Waals surface area contributed by atoms with Crippen molar-refractivity contribution >= 4 is 27.3 Å². The van der Waals surface area contributed by atoms with Crippen LogP contribution in [0.25, 0.3) is 0 Å². The number of amides is 1. The molecule has 0 saturated carbocycles. The van der Waals surface area contributed by atoms with E-state index in [9.17, 15) is 13.2 Å². The Morgan fingerprint density at radius 3 is 2.52 bits per heavy atom. The largest absolute Gasteiger partial charge is 0.350 e. The van der Waals surface area contributed by atoms with Crippen LogP contribution < -0.4 is 5.32 Å². The van der Waals surface area contributed by atoms with E-state index in [0.29, 0.717) is 36.7 Å². The van der Waals surface area contributed by atoms with Gasteiger partial charge in [0.05, 0.1) is 10.9 Å². The molecule has 1 atom stereocenters. The molecule has 1 fully saturated rings. The minimum Gasteiger partial charge on any atom is -0.350 e. The molecule has 1 N–H and O–H groups in total.